The molecule has 104 valence electrons. The first-order valence-electron chi connectivity index (χ1n) is 6.16. The molecule has 0 aliphatic carbocycles. The molecule has 4 nitrogen and oxygen atoms in total. The molecule has 2 amide bonds. The first-order chi connectivity index (χ1) is 9.47. The van der Waals surface area contributed by atoms with Crippen LogP contribution >= 0.6 is 0 Å². The van der Waals surface area contributed by atoms with Crippen LogP contribution in [0.2, 0.25) is 0 Å². The quantitative estimate of drug-likeness (QED) is 0.731. The highest BCUT2D eigenvalue weighted by Crippen LogP contribution is 2.25. The molecule has 0 fully saturated rings. The SMILES string of the molecule is Cc1ccc(N)c(NC(=O)Nc2ccc(F)cc2)c1C. The monoisotopic (exact) mass is 273 g/mol. The second-order valence-corrected chi connectivity index (χ2v) is 4.56. The third-order valence-corrected chi connectivity index (χ3v) is 3.11. The lowest BCUT2D eigenvalue weighted by Crippen LogP contribution is -2.21. The van der Waals surface area contributed by atoms with Gasteiger partial charge in [0.15, 0.2) is 0 Å². The number of aryl methyl sites for hydroxylation is 1. The number of nitrogens with two attached hydrogens (primary N) is 1. The predicted octanol–water partition coefficient (Wildman–Crippen LogP) is 3.67. The van der Waals surface area contributed by atoms with Crippen LogP contribution in [0.25, 0.3) is 0 Å². The van der Waals surface area contributed by atoms with Gasteiger partial charge in [0.25, 0.3) is 0 Å². The van der Waals surface area contributed by atoms with E-state index in [2.05, 4.69) is 10.6 Å². The largest absolute Gasteiger partial charge is 0.397 e. The Morgan fingerprint density at radius 1 is 1.05 bits per heavy atom. The molecule has 0 saturated heterocycles. The zero-order valence-electron chi connectivity index (χ0n) is 11.3. The van der Waals surface area contributed by atoms with Crippen molar-refractivity contribution in [2.45, 2.75) is 13.8 Å². The molecule has 0 spiro atoms. The fourth-order valence-electron chi connectivity index (χ4n) is 1.81. The van der Waals surface area contributed by atoms with Crippen molar-refractivity contribution < 1.29 is 9.18 Å². The Hall–Kier alpha value is -2.56. The van der Waals surface area contributed by atoms with Crippen molar-refractivity contribution in [2.24, 2.45) is 0 Å². The molecular weight excluding hydrogens is 257 g/mol. The Morgan fingerprint density at radius 3 is 2.35 bits per heavy atom. The average molecular weight is 273 g/mol. The summed E-state index contributed by atoms with van der Waals surface area (Å²) in [5, 5.41) is 5.33. The number of nitrogens with one attached hydrogen (secondary N) is 2. The van der Waals surface area contributed by atoms with Crippen molar-refractivity contribution in [3.8, 4) is 0 Å². The van der Waals surface area contributed by atoms with Crippen LogP contribution in [0.4, 0.5) is 26.2 Å². The normalized spacial score (nSPS) is 10.2. The van der Waals surface area contributed by atoms with Crippen molar-refractivity contribution in [2.75, 3.05) is 16.4 Å². The Labute approximate surface area is 116 Å². The van der Waals surface area contributed by atoms with E-state index >= 15 is 0 Å². The van der Waals surface area contributed by atoms with Crippen molar-refractivity contribution >= 4 is 23.1 Å². The van der Waals surface area contributed by atoms with Gasteiger partial charge in [-0.15, -0.1) is 0 Å². The molecule has 0 unspecified atom stereocenters. The van der Waals surface area contributed by atoms with Gasteiger partial charge < -0.3 is 16.4 Å². The lowest BCUT2D eigenvalue weighted by Gasteiger charge is -2.14. The zero-order chi connectivity index (χ0) is 14.7. The topological polar surface area (TPSA) is 67.1 Å². The second kappa shape index (κ2) is 5.61. The van der Waals surface area contributed by atoms with Crippen molar-refractivity contribution in [3.63, 3.8) is 0 Å². The minimum Gasteiger partial charge on any atom is -0.397 e. The number of hydrogen-bond acceptors (Lipinski definition) is 2. The van der Waals surface area contributed by atoms with E-state index in [1.807, 2.05) is 19.9 Å². The Balaban J connectivity index is 2.12. The van der Waals surface area contributed by atoms with Gasteiger partial charge in [-0.05, 0) is 55.3 Å². The van der Waals surface area contributed by atoms with Gasteiger partial charge in [-0.3, -0.25) is 0 Å². The summed E-state index contributed by atoms with van der Waals surface area (Å²) in [7, 11) is 0. The third kappa shape index (κ3) is 3.06. The molecular formula is C15H16FN3O. The van der Waals surface area contributed by atoms with Crippen LogP contribution < -0.4 is 16.4 Å². The van der Waals surface area contributed by atoms with Gasteiger partial charge in [0.1, 0.15) is 5.82 Å². The summed E-state index contributed by atoms with van der Waals surface area (Å²) in [5.74, 6) is -0.352. The Morgan fingerprint density at radius 2 is 1.70 bits per heavy atom. The van der Waals surface area contributed by atoms with Crippen molar-refractivity contribution in [3.05, 3.63) is 53.3 Å². The fourth-order valence-corrected chi connectivity index (χ4v) is 1.81. The molecule has 0 aliphatic heterocycles. The molecule has 0 heterocycles. The first-order valence-corrected chi connectivity index (χ1v) is 6.16. The third-order valence-electron chi connectivity index (χ3n) is 3.11. The number of amides is 2. The number of anilines is 3. The van der Waals surface area contributed by atoms with Gasteiger partial charge in [-0.2, -0.15) is 0 Å². The maximum Gasteiger partial charge on any atom is 0.323 e. The average Bonchev–Trinajstić information content (AvgIpc) is 2.42. The lowest BCUT2D eigenvalue weighted by molar-refractivity contribution is 0.262. The van der Waals surface area contributed by atoms with Gasteiger partial charge in [0.05, 0.1) is 11.4 Å². The van der Waals surface area contributed by atoms with Crippen LogP contribution in [-0.4, -0.2) is 6.03 Å². The van der Waals surface area contributed by atoms with Crippen LogP contribution in [0, 0.1) is 19.7 Å². The first kappa shape index (κ1) is 13.9. The smallest absolute Gasteiger partial charge is 0.323 e. The molecule has 0 saturated carbocycles. The highest BCUT2D eigenvalue weighted by atomic mass is 19.1. The number of rotatable bonds is 2. The highest BCUT2D eigenvalue weighted by Gasteiger charge is 2.09. The maximum atomic E-state index is 12.8. The Bertz CT molecular complexity index is 638. The molecule has 2 aromatic carbocycles. The molecule has 2 aromatic rings. The van der Waals surface area contributed by atoms with E-state index in [0.29, 0.717) is 17.1 Å². The summed E-state index contributed by atoms with van der Waals surface area (Å²) >= 11 is 0. The van der Waals surface area contributed by atoms with Crippen LogP contribution in [0.15, 0.2) is 36.4 Å². The summed E-state index contributed by atoms with van der Waals surface area (Å²) < 4.78 is 12.8. The van der Waals surface area contributed by atoms with E-state index in [9.17, 15) is 9.18 Å². The number of carbonyl (C=O) groups is 1. The summed E-state index contributed by atoms with van der Waals surface area (Å²) in [6.07, 6.45) is 0. The number of urea groups is 1. The number of carbonyl (C=O) groups excluding carboxylic acids is 1. The highest BCUT2D eigenvalue weighted by molar-refractivity contribution is 6.02. The zero-order valence-corrected chi connectivity index (χ0v) is 11.3. The molecule has 0 aliphatic rings. The molecule has 20 heavy (non-hydrogen) atoms. The fraction of sp³-hybridized carbons (Fsp3) is 0.133. The van der Waals surface area contributed by atoms with E-state index in [1.54, 1.807) is 6.07 Å². The second-order valence-electron chi connectivity index (χ2n) is 4.56. The number of nitrogen functional groups attached to an aromatic ring is 1. The predicted molar refractivity (Wildman–Crippen MR) is 79.4 cm³/mol. The summed E-state index contributed by atoms with van der Waals surface area (Å²) in [4.78, 5) is 11.9. The van der Waals surface area contributed by atoms with E-state index in [0.717, 1.165) is 11.1 Å². The van der Waals surface area contributed by atoms with Crippen LogP contribution in [0.1, 0.15) is 11.1 Å². The van der Waals surface area contributed by atoms with Crippen molar-refractivity contribution in [1.29, 1.82) is 0 Å². The van der Waals surface area contributed by atoms with Crippen LogP contribution in [0.5, 0.6) is 0 Å². The molecule has 4 N–H and O–H groups in total. The summed E-state index contributed by atoms with van der Waals surface area (Å²) in [6.45, 7) is 3.83. The van der Waals surface area contributed by atoms with Gasteiger partial charge >= 0.3 is 6.03 Å². The minimum atomic E-state index is -0.419. The standard InChI is InChI=1S/C15H16FN3O/c1-9-3-8-13(17)14(10(9)2)19-15(20)18-12-6-4-11(16)5-7-12/h3-8H,17H2,1-2H3,(H2,18,19,20). The molecule has 5 heteroatoms. The number of halogens is 1. The van der Waals surface area contributed by atoms with Crippen LogP contribution in [0.3, 0.4) is 0 Å². The molecule has 0 aromatic heterocycles. The maximum absolute atomic E-state index is 12.8. The summed E-state index contributed by atoms with van der Waals surface area (Å²) in [5.41, 5.74) is 9.41. The van der Waals surface area contributed by atoms with Gasteiger partial charge in [-0.1, -0.05) is 6.07 Å². The number of hydrogen-bond donors (Lipinski definition) is 3. The van der Waals surface area contributed by atoms with E-state index in [1.165, 1.54) is 24.3 Å². The molecule has 2 rings (SSSR count). The minimum absolute atomic E-state index is 0.352. The molecule has 0 radical (unpaired) electrons. The molecule has 0 bridgehead atoms. The van der Waals surface area contributed by atoms with E-state index < -0.39 is 6.03 Å². The molecule has 0 atom stereocenters. The summed E-state index contributed by atoms with van der Waals surface area (Å²) in [6, 6.07) is 8.76. The van der Waals surface area contributed by atoms with E-state index in [4.69, 9.17) is 5.73 Å². The van der Waals surface area contributed by atoms with Gasteiger partial charge in [0.2, 0.25) is 0 Å². The van der Waals surface area contributed by atoms with Crippen LogP contribution in [-0.2, 0) is 0 Å². The van der Waals surface area contributed by atoms with Gasteiger partial charge in [-0.25, -0.2) is 9.18 Å². The van der Waals surface area contributed by atoms with Crippen molar-refractivity contribution in [1.82, 2.24) is 0 Å². The number of benzene rings is 2. The lowest BCUT2D eigenvalue weighted by atomic mass is 10.1. The van der Waals surface area contributed by atoms with Gasteiger partial charge in [0, 0.05) is 5.69 Å². The van der Waals surface area contributed by atoms with E-state index in [-0.39, 0.29) is 5.82 Å². The Kier molecular flexibility index (Phi) is 3.89.